The van der Waals surface area contributed by atoms with Crippen LogP contribution < -0.4 is 4.90 Å². The zero-order chi connectivity index (χ0) is 42.8. The number of furan rings is 1. The van der Waals surface area contributed by atoms with Crippen LogP contribution in [0.3, 0.4) is 0 Å². The SMILES string of the molecule is C=CCC(/C=C/N(c1ccc(-c2ccc(-c3ccccc3)c(-c3ccccc3)c2)cc1)c1ccccc1-c1cccc2oc3cc4ccccc4cc3c12)c1cccc2ccccc12. The lowest BCUT2D eigenvalue weighted by Gasteiger charge is -2.26. The van der Waals surface area contributed by atoms with Crippen LogP contribution in [0.5, 0.6) is 0 Å². The van der Waals surface area contributed by atoms with Gasteiger partial charge >= 0.3 is 0 Å². The van der Waals surface area contributed by atoms with Crippen LogP contribution in [-0.2, 0) is 0 Å². The lowest BCUT2D eigenvalue weighted by Crippen LogP contribution is -2.11. The fraction of sp³-hybridized carbons (Fsp3) is 0.0323. The van der Waals surface area contributed by atoms with Crippen LogP contribution in [0.4, 0.5) is 11.4 Å². The molecule has 0 radical (unpaired) electrons. The Kier molecular flexibility index (Phi) is 10.2. The Morgan fingerprint density at radius 1 is 0.438 bits per heavy atom. The van der Waals surface area contributed by atoms with Crippen molar-refractivity contribution in [2.75, 3.05) is 4.90 Å². The Bertz CT molecular complexity index is 3480. The van der Waals surface area contributed by atoms with E-state index in [1.165, 1.54) is 54.9 Å². The van der Waals surface area contributed by atoms with E-state index in [2.05, 4.69) is 248 Å². The summed E-state index contributed by atoms with van der Waals surface area (Å²) in [5.41, 5.74) is 14.6. The van der Waals surface area contributed by atoms with E-state index in [-0.39, 0.29) is 5.92 Å². The summed E-state index contributed by atoms with van der Waals surface area (Å²) in [6.07, 6.45) is 7.45. The molecule has 0 aliphatic rings. The Hall–Kier alpha value is -8.20. The summed E-state index contributed by atoms with van der Waals surface area (Å²) in [4.78, 5) is 2.35. The van der Waals surface area contributed by atoms with Crippen molar-refractivity contribution in [3.8, 4) is 44.5 Å². The Morgan fingerprint density at radius 3 is 1.84 bits per heavy atom. The highest BCUT2D eigenvalue weighted by atomic mass is 16.3. The zero-order valence-electron chi connectivity index (χ0n) is 35.4. The summed E-state index contributed by atoms with van der Waals surface area (Å²) >= 11 is 0. The molecule has 1 atom stereocenters. The van der Waals surface area contributed by atoms with Crippen molar-refractivity contribution in [1.29, 1.82) is 0 Å². The Labute approximate surface area is 374 Å². The van der Waals surface area contributed by atoms with Crippen molar-refractivity contribution in [2.24, 2.45) is 0 Å². The molecule has 1 aromatic heterocycles. The van der Waals surface area contributed by atoms with Gasteiger partial charge in [-0.25, -0.2) is 0 Å². The van der Waals surface area contributed by atoms with E-state index in [0.29, 0.717) is 0 Å². The first-order chi connectivity index (χ1) is 31.7. The van der Waals surface area contributed by atoms with Gasteiger partial charge in [0.25, 0.3) is 0 Å². The molecule has 0 aliphatic carbocycles. The number of benzene rings is 10. The van der Waals surface area contributed by atoms with E-state index < -0.39 is 0 Å². The van der Waals surface area contributed by atoms with Crippen molar-refractivity contribution >= 4 is 54.9 Å². The van der Waals surface area contributed by atoms with Crippen LogP contribution in [0.25, 0.3) is 88.0 Å². The fourth-order valence-corrected chi connectivity index (χ4v) is 9.47. The van der Waals surface area contributed by atoms with Gasteiger partial charge in [-0.05, 0) is 115 Å². The highest BCUT2D eigenvalue weighted by molar-refractivity contribution is 6.16. The number of fused-ring (bicyclic) bond motifs is 5. The second kappa shape index (κ2) is 16.9. The first-order valence-electron chi connectivity index (χ1n) is 22.0. The third kappa shape index (κ3) is 7.25. The molecule has 11 aromatic rings. The first-order valence-corrected chi connectivity index (χ1v) is 22.0. The first kappa shape index (κ1) is 38.7. The fourth-order valence-electron chi connectivity index (χ4n) is 9.47. The largest absolute Gasteiger partial charge is 0.456 e. The standard InChI is InChI=1S/C62H45NO/c1-2-17-44(53-28-15-25-46-22-11-12-26-52(46)53)38-39-63(51-35-32-43(33-36-51)50-34-37-54(45-18-5-3-6-19-45)57(40-50)47-20-7-4-8-21-47)59-30-14-13-27-55(59)56-29-16-31-60-62(56)58-41-48-23-9-10-24-49(48)42-61(58)64-60/h2-16,18-42,44H,1,17H2/b39-38+. The summed E-state index contributed by atoms with van der Waals surface area (Å²) in [6.45, 7) is 4.20. The number of hydrogen-bond donors (Lipinski definition) is 0. The second-order valence-corrected chi connectivity index (χ2v) is 16.4. The monoisotopic (exact) mass is 819 g/mol. The molecule has 1 unspecified atom stereocenters. The van der Waals surface area contributed by atoms with E-state index in [1.54, 1.807) is 0 Å². The lowest BCUT2D eigenvalue weighted by atomic mass is 9.90. The average molecular weight is 820 g/mol. The molecule has 11 rings (SSSR count). The molecule has 0 saturated carbocycles. The van der Waals surface area contributed by atoms with Gasteiger partial charge in [-0.1, -0.05) is 194 Å². The van der Waals surface area contributed by atoms with E-state index in [9.17, 15) is 0 Å². The van der Waals surface area contributed by atoms with Gasteiger partial charge in [0, 0.05) is 34.1 Å². The highest BCUT2D eigenvalue weighted by Crippen LogP contribution is 2.44. The van der Waals surface area contributed by atoms with Gasteiger partial charge in [-0.3, -0.25) is 0 Å². The smallest absolute Gasteiger partial charge is 0.136 e. The topological polar surface area (TPSA) is 16.4 Å². The maximum atomic E-state index is 6.58. The maximum Gasteiger partial charge on any atom is 0.136 e. The summed E-state index contributed by atoms with van der Waals surface area (Å²) < 4.78 is 6.58. The predicted molar refractivity (Wildman–Crippen MR) is 272 cm³/mol. The van der Waals surface area contributed by atoms with Gasteiger partial charge in [-0.2, -0.15) is 0 Å². The average Bonchev–Trinajstić information content (AvgIpc) is 3.73. The molecular weight excluding hydrogens is 775 g/mol. The minimum atomic E-state index is 0.103. The molecule has 2 nitrogen and oxygen atoms in total. The van der Waals surface area contributed by atoms with E-state index in [1.807, 2.05) is 6.08 Å². The van der Waals surface area contributed by atoms with Crippen LogP contribution in [0.2, 0.25) is 0 Å². The van der Waals surface area contributed by atoms with Crippen LogP contribution in [0.1, 0.15) is 17.9 Å². The summed E-state index contributed by atoms with van der Waals surface area (Å²) in [5, 5.41) is 7.08. The van der Waals surface area contributed by atoms with Gasteiger partial charge in [-0.15, -0.1) is 6.58 Å². The number of para-hydroxylation sites is 1. The number of allylic oxidation sites excluding steroid dienone is 2. The molecule has 0 saturated heterocycles. The number of hydrogen-bond acceptors (Lipinski definition) is 2. The molecule has 1 heterocycles. The molecule has 64 heavy (non-hydrogen) atoms. The van der Waals surface area contributed by atoms with Crippen molar-refractivity contribution in [3.05, 3.63) is 255 Å². The lowest BCUT2D eigenvalue weighted by molar-refractivity contribution is 0.669. The van der Waals surface area contributed by atoms with Crippen LogP contribution in [0.15, 0.2) is 254 Å². The maximum absolute atomic E-state index is 6.58. The number of anilines is 2. The van der Waals surface area contributed by atoms with Gasteiger partial charge < -0.3 is 9.32 Å². The van der Waals surface area contributed by atoms with Gasteiger partial charge in [0.1, 0.15) is 11.2 Å². The predicted octanol–water partition coefficient (Wildman–Crippen LogP) is 17.6. The Morgan fingerprint density at radius 2 is 1.06 bits per heavy atom. The Balaban J connectivity index is 1.06. The zero-order valence-corrected chi connectivity index (χ0v) is 35.4. The molecule has 0 spiro atoms. The minimum Gasteiger partial charge on any atom is -0.456 e. The van der Waals surface area contributed by atoms with Crippen LogP contribution >= 0.6 is 0 Å². The minimum absolute atomic E-state index is 0.103. The summed E-state index contributed by atoms with van der Waals surface area (Å²) in [7, 11) is 0. The molecule has 10 aromatic carbocycles. The van der Waals surface area contributed by atoms with Crippen molar-refractivity contribution < 1.29 is 4.42 Å². The normalized spacial score (nSPS) is 12.1. The number of nitrogens with zero attached hydrogens (tertiary/aromatic N) is 1. The summed E-state index contributed by atoms with van der Waals surface area (Å²) in [5.74, 6) is 0.103. The van der Waals surface area contributed by atoms with E-state index in [4.69, 9.17) is 4.42 Å². The molecule has 0 N–H and O–H groups in total. The third-order valence-electron chi connectivity index (χ3n) is 12.6. The molecule has 304 valence electrons. The molecule has 0 fully saturated rings. The molecule has 0 amide bonds. The molecule has 0 aliphatic heterocycles. The van der Waals surface area contributed by atoms with E-state index >= 15 is 0 Å². The third-order valence-corrected chi connectivity index (χ3v) is 12.6. The van der Waals surface area contributed by atoms with Gasteiger partial charge in [0.2, 0.25) is 0 Å². The summed E-state index contributed by atoms with van der Waals surface area (Å²) in [6, 6.07) is 80.7. The van der Waals surface area contributed by atoms with Gasteiger partial charge in [0.15, 0.2) is 0 Å². The van der Waals surface area contributed by atoms with Gasteiger partial charge in [0.05, 0.1) is 5.69 Å². The van der Waals surface area contributed by atoms with E-state index in [0.717, 1.165) is 56.4 Å². The molecule has 0 bridgehead atoms. The second-order valence-electron chi connectivity index (χ2n) is 16.4. The van der Waals surface area contributed by atoms with Crippen molar-refractivity contribution in [1.82, 2.24) is 0 Å². The number of rotatable bonds is 11. The quantitative estimate of drug-likeness (QED) is 0.121. The van der Waals surface area contributed by atoms with Crippen LogP contribution in [0, 0.1) is 0 Å². The highest BCUT2D eigenvalue weighted by Gasteiger charge is 2.20. The van der Waals surface area contributed by atoms with Crippen LogP contribution in [-0.4, -0.2) is 0 Å². The van der Waals surface area contributed by atoms with Crippen molar-refractivity contribution in [3.63, 3.8) is 0 Å². The van der Waals surface area contributed by atoms with Crippen molar-refractivity contribution in [2.45, 2.75) is 12.3 Å². The molecular formula is C62H45NO. The molecule has 2 heteroatoms.